The van der Waals surface area contributed by atoms with Gasteiger partial charge in [0.2, 0.25) is 5.91 Å². The highest BCUT2D eigenvalue weighted by atomic mass is 16.5. The summed E-state index contributed by atoms with van der Waals surface area (Å²) in [5.74, 6) is -0.185. The molecule has 0 unspecified atom stereocenters. The van der Waals surface area contributed by atoms with Crippen LogP contribution in [0.5, 0.6) is 0 Å². The predicted octanol–water partition coefficient (Wildman–Crippen LogP) is 0.826. The van der Waals surface area contributed by atoms with E-state index in [1.54, 1.807) is 16.8 Å². The second-order valence-electron chi connectivity index (χ2n) is 7.13. The zero-order chi connectivity index (χ0) is 17.5. The third kappa shape index (κ3) is 6.37. The van der Waals surface area contributed by atoms with Gasteiger partial charge in [0.25, 0.3) is 0 Å². The van der Waals surface area contributed by atoms with Gasteiger partial charge < -0.3 is 19.5 Å². The van der Waals surface area contributed by atoms with Gasteiger partial charge in [0.05, 0.1) is 25.4 Å². The number of carbonyl (C=O) groups excluding carboxylic acids is 1. The molecule has 0 spiro atoms. The van der Waals surface area contributed by atoms with Crippen molar-refractivity contribution in [1.29, 1.82) is 0 Å². The fraction of sp³-hybridized carbons (Fsp3) is 0.882. The maximum absolute atomic E-state index is 12.4. The van der Waals surface area contributed by atoms with Gasteiger partial charge in [-0.25, -0.2) is 0 Å². The first-order chi connectivity index (χ1) is 11.4. The van der Waals surface area contributed by atoms with E-state index in [9.17, 15) is 9.59 Å². The van der Waals surface area contributed by atoms with E-state index in [0.717, 1.165) is 12.8 Å². The quantitative estimate of drug-likeness (QED) is 0.738. The average Bonchev–Trinajstić information content (AvgIpc) is 2.52. The van der Waals surface area contributed by atoms with Crippen molar-refractivity contribution < 1.29 is 24.2 Å². The second kappa shape index (κ2) is 9.34. The Hall–Kier alpha value is -1.18. The molecule has 0 aromatic heterocycles. The maximum Gasteiger partial charge on any atom is 0.317 e. The molecule has 1 saturated carbocycles. The number of nitrogens with zero attached hydrogens (tertiary/aromatic N) is 2. The van der Waals surface area contributed by atoms with Gasteiger partial charge in [-0.2, -0.15) is 0 Å². The molecule has 24 heavy (non-hydrogen) atoms. The van der Waals surface area contributed by atoms with Gasteiger partial charge in [0.1, 0.15) is 6.61 Å². The van der Waals surface area contributed by atoms with Crippen LogP contribution in [-0.4, -0.2) is 85.4 Å². The number of hydrogen-bond acceptors (Lipinski definition) is 5. The van der Waals surface area contributed by atoms with Gasteiger partial charge >= 0.3 is 5.97 Å². The molecule has 1 saturated heterocycles. The van der Waals surface area contributed by atoms with Crippen LogP contribution in [0.25, 0.3) is 0 Å². The first-order valence-corrected chi connectivity index (χ1v) is 8.85. The number of morpholine rings is 1. The third-order valence-electron chi connectivity index (χ3n) is 4.74. The summed E-state index contributed by atoms with van der Waals surface area (Å²) in [6.45, 7) is 4.38. The van der Waals surface area contributed by atoms with Crippen LogP contribution in [-0.2, 0) is 19.1 Å². The topological polar surface area (TPSA) is 79.3 Å². The Morgan fingerprint density at radius 2 is 2.17 bits per heavy atom. The summed E-state index contributed by atoms with van der Waals surface area (Å²) in [4.78, 5) is 26.6. The second-order valence-corrected chi connectivity index (χ2v) is 7.13. The summed E-state index contributed by atoms with van der Waals surface area (Å²) in [7, 11) is 1.74. The number of carboxylic acids is 1. The molecule has 0 radical (unpaired) electrons. The number of rotatable bonds is 7. The highest BCUT2D eigenvalue weighted by Gasteiger charge is 2.27. The molecule has 2 fully saturated rings. The first kappa shape index (κ1) is 19.1. The van der Waals surface area contributed by atoms with Crippen LogP contribution in [0, 0.1) is 5.92 Å². The minimum atomic E-state index is -0.864. The highest BCUT2D eigenvalue weighted by molar-refractivity contribution is 5.77. The lowest BCUT2D eigenvalue weighted by Crippen LogP contribution is -2.50. The lowest BCUT2D eigenvalue weighted by molar-refractivity contribution is -0.148. The van der Waals surface area contributed by atoms with Crippen LogP contribution in [0.15, 0.2) is 0 Å². The molecular weight excluding hydrogens is 312 g/mol. The highest BCUT2D eigenvalue weighted by Crippen LogP contribution is 2.25. The fourth-order valence-corrected chi connectivity index (χ4v) is 3.51. The van der Waals surface area contributed by atoms with E-state index in [-0.39, 0.29) is 31.3 Å². The van der Waals surface area contributed by atoms with Crippen molar-refractivity contribution in [3.05, 3.63) is 0 Å². The van der Waals surface area contributed by atoms with Crippen molar-refractivity contribution in [2.75, 3.05) is 46.4 Å². The summed E-state index contributed by atoms with van der Waals surface area (Å²) in [6, 6.07) is 0. The van der Waals surface area contributed by atoms with Gasteiger partial charge in [-0.15, -0.1) is 0 Å². The first-order valence-electron chi connectivity index (χ1n) is 8.85. The summed E-state index contributed by atoms with van der Waals surface area (Å²) < 4.78 is 11.5. The van der Waals surface area contributed by atoms with E-state index in [4.69, 9.17) is 14.6 Å². The molecule has 0 aromatic rings. The zero-order valence-electron chi connectivity index (χ0n) is 14.8. The normalized spacial score (nSPS) is 28.1. The monoisotopic (exact) mass is 342 g/mol. The van der Waals surface area contributed by atoms with E-state index in [1.807, 2.05) is 0 Å². The number of likely N-dealkylation sites (N-methyl/N-ethyl adjacent to an activating group) is 1. The van der Waals surface area contributed by atoms with Crippen LogP contribution in [0.2, 0.25) is 0 Å². The molecular formula is C17H30N2O5. The summed E-state index contributed by atoms with van der Waals surface area (Å²) in [5.41, 5.74) is 0. The van der Waals surface area contributed by atoms with Crippen molar-refractivity contribution in [2.24, 2.45) is 5.92 Å². The molecule has 7 nitrogen and oxygen atoms in total. The smallest absolute Gasteiger partial charge is 0.317 e. The number of hydrogen-bond donors (Lipinski definition) is 1. The fourth-order valence-electron chi connectivity index (χ4n) is 3.51. The lowest BCUT2D eigenvalue weighted by Gasteiger charge is -2.35. The van der Waals surface area contributed by atoms with Gasteiger partial charge in [0.15, 0.2) is 0 Å². The lowest BCUT2D eigenvalue weighted by atomic mass is 9.89. The van der Waals surface area contributed by atoms with Crippen LogP contribution < -0.4 is 0 Å². The third-order valence-corrected chi connectivity index (χ3v) is 4.74. The molecule has 1 heterocycles. The molecule has 2 aliphatic rings. The van der Waals surface area contributed by atoms with Crippen molar-refractivity contribution in [3.8, 4) is 0 Å². The van der Waals surface area contributed by atoms with Gasteiger partial charge in [0, 0.05) is 19.6 Å². The largest absolute Gasteiger partial charge is 0.480 e. The van der Waals surface area contributed by atoms with E-state index < -0.39 is 5.97 Å². The number of carboxylic acid groups (broad SMARTS) is 1. The molecule has 1 aliphatic carbocycles. The number of amides is 1. The predicted molar refractivity (Wildman–Crippen MR) is 88.8 cm³/mol. The summed E-state index contributed by atoms with van der Waals surface area (Å²) >= 11 is 0. The van der Waals surface area contributed by atoms with Crippen LogP contribution in [0.3, 0.4) is 0 Å². The molecule has 2 rings (SSSR count). The van der Waals surface area contributed by atoms with Crippen LogP contribution >= 0.6 is 0 Å². The Balaban J connectivity index is 1.72. The Morgan fingerprint density at radius 1 is 1.38 bits per heavy atom. The molecule has 0 bridgehead atoms. The average molecular weight is 342 g/mol. The molecule has 0 aromatic carbocycles. The zero-order valence-corrected chi connectivity index (χ0v) is 14.8. The van der Waals surface area contributed by atoms with E-state index >= 15 is 0 Å². The SMILES string of the molecule is C[C@@H]1CCC[C@H](OCC(=O)N2CCO[C@H](CN(C)CC(=O)O)C2)C1. The van der Waals surface area contributed by atoms with Crippen LogP contribution in [0.4, 0.5) is 0 Å². The Morgan fingerprint density at radius 3 is 2.88 bits per heavy atom. The van der Waals surface area contributed by atoms with Crippen LogP contribution in [0.1, 0.15) is 32.6 Å². The molecule has 1 aliphatic heterocycles. The van der Waals surface area contributed by atoms with Crippen molar-refractivity contribution in [2.45, 2.75) is 44.8 Å². The number of carbonyl (C=O) groups is 2. The van der Waals surface area contributed by atoms with E-state index in [1.165, 1.54) is 12.8 Å². The summed E-state index contributed by atoms with van der Waals surface area (Å²) in [5, 5.41) is 8.80. The van der Waals surface area contributed by atoms with Gasteiger partial charge in [-0.05, 0) is 25.8 Å². The standard InChI is InChI=1S/C17H30N2O5/c1-13-4-3-5-14(8-13)24-12-16(20)19-6-7-23-15(10-19)9-18(2)11-17(21)22/h13-15H,3-12H2,1-2H3,(H,21,22)/t13-,14+,15-/m1/s1. The van der Waals surface area contributed by atoms with Crippen molar-refractivity contribution in [3.63, 3.8) is 0 Å². The van der Waals surface area contributed by atoms with E-state index in [0.29, 0.717) is 32.2 Å². The number of aliphatic carboxylic acids is 1. The maximum atomic E-state index is 12.4. The minimum absolute atomic E-state index is 0.00224. The van der Waals surface area contributed by atoms with Crippen molar-refractivity contribution in [1.82, 2.24) is 9.80 Å². The molecule has 3 atom stereocenters. The molecule has 138 valence electrons. The Bertz CT molecular complexity index is 431. The number of ether oxygens (including phenoxy) is 2. The van der Waals surface area contributed by atoms with Gasteiger partial charge in [-0.3, -0.25) is 14.5 Å². The minimum Gasteiger partial charge on any atom is -0.480 e. The van der Waals surface area contributed by atoms with E-state index in [2.05, 4.69) is 6.92 Å². The Labute approximate surface area is 143 Å². The molecule has 7 heteroatoms. The molecule has 1 N–H and O–H groups in total. The summed E-state index contributed by atoms with van der Waals surface area (Å²) in [6.07, 6.45) is 4.57. The Kier molecular flexibility index (Phi) is 7.45. The molecule has 1 amide bonds. The van der Waals surface area contributed by atoms with Crippen molar-refractivity contribution >= 4 is 11.9 Å². The van der Waals surface area contributed by atoms with Gasteiger partial charge in [-0.1, -0.05) is 19.8 Å².